The van der Waals surface area contributed by atoms with Crippen LogP contribution in [0.1, 0.15) is 33.9 Å². The molecule has 1 atom stereocenters. The number of hydrogen-bond donors (Lipinski definition) is 1. The molecule has 1 unspecified atom stereocenters. The Kier molecular flexibility index (Phi) is 3.98. The monoisotopic (exact) mass is 281 g/mol. The maximum Gasteiger partial charge on any atom is 0.119 e. The van der Waals surface area contributed by atoms with E-state index in [0.29, 0.717) is 6.04 Å². The molecule has 110 valence electrons. The number of aryl methyl sites for hydroxylation is 2. The Bertz CT molecular complexity index is 648. The van der Waals surface area contributed by atoms with Gasteiger partial charge in [-0.3, -0.25) is 0 Å². The largest absolute Gasteiger partial charge is 0.497 e. The van der Waals surface area contributed by atoms with Crippen LogP contribution in [-0.2, 0) is 12.8 Å². The highest BCUT2D eigenvalue weighted by molar-refractivity contribution is 5.40. The Hall–Kier alpha value is -1.80. The Balaban J connectivity index is 1.86. The molecule has 1 aliphatic rings. The highest BCUT2D eigenvalue weighted by Gasteiger charge is 2.20. The summed E-state index contributed by atoms with van der Waals surface area (Å²) in [5, 5.41) is 3.65. The van der Waals surface area contributed by atoms with Crippen LogP contribution in [0.5, 0.6) is 5.75 Å². The van der Waals surface area contributed by atoms with E-state index >= 15 is 0 Å². The number of fused-ring (bicyclic) bond motifs is 1. The van der Waals surface area contributed by atoms with E-state index in [1.165, 1.54) is 27.8 Å². The molecule has 1 heterocycles. The SMILES string of the molecule is COc1ccc2c(c1)CCNC2Cc1ccc(C)c(C)c1. The van der Waals surface area contributed by atoms with Crippen molar-refractivity contribution in [1.29, 1.82) is 0 Å². The Morgan fingerprint density at radius 1 is 1.10 bits per heavy atom. The highest BCUT2D eigenvalue weighted by atomic mass is 16.5. The highest BCUT2D eigenvalue weighted by Crippen LogP contribution is 2.29. The van der Waals surface area contributed by atoms with Gasteiger partial charge in [0, 0.05) is 6.04 Å². The van der Waals surface area contributed by atoms with E-state index in [4.69, 9.17) is 4.74 Å². The van der Waals surface area contributed by atoms with Crippen molar-refractivity contribution < 1.29 is 4.74 Å². The zero-order valence-electron chi connectivity index (χ0n) is 13.1. The van der Waals surface area contributed by atoms with Gasteiger partial charge in [0.25, 0.3) is 0 Å². The molecule has 0 aliphatic carbocycles. The minimum Gasteiger partial charge on any atom is -0.497 e. The fourth-order valence-corrected chi connectivity index (χ4v) is 3.10. The van der Waals surface area contributed by atoms with Crippen LogP contribution < -0.4 is 10.1 Å². The fraction of sp³-hybridized carbons (Fsp3) is 0.368. The molecule has 2 nitrogen and oxygen atoms in total. The number of rotatable bonds is 3. The van der Waals surface area contributed by atoms with Crippen molar-refractivity contribution in [3.8, 4) is 5.75 Å². The first-order valence-corrected chi connectivity index (χ1v) is 7.63. The molecule has 0 spiro atoms. The van der Waals surface area contributed by atoms with Gasteiger partial charge in [0.05, 0.1) is 7.11 Å². The van der Waals surface area contributed by atoms with Crippen molar-refractivity contribution in [3.05, 3.63) is 64.2 Å². The average Bonchev–Trinajstić information content (AvgIpc) is 2.50. The second-order valence-electron chi connectivity index (χ2n) is 5.94. The van der Waals surface area contributed by atoms with Crippen LogP contribution in [0.25, 0.3) is 0 Å². The smallest absolute Gasteiger partial charge is 0.119 e. The Morgan fingerprint density at radius 2 is 1.95 bits per heavy atom. The standard InChI is InChI=1S/C19H23NO/c1-13-4-5-15(10-14(13)2)11-19-18-7-6-17(21-3)12-16(18)8-9-20-19/h4-7,10,12,19-20H,8-9,11H2,1-3H3. The third-order valence-electron chi connectivity index (χ3n) is 4.52. The molecule has 0 bridgehead atoms. The molecular weight excluding hydrogens is 258 g/mol. The van der Waals surface area contributed by atoms with E-state index in [1.54, 1.807) is 7.11 Å². The molecule has 2 aromatic rings. The van der Waals surface area contributed by atoms with Gasteiger partial charge in [0.15, 0.2) is 0 Å². The predicted molar refractivity (Wildman–Crippen MR) is 87.1 cm³/mol. The summed E-state index contributed by atoms with van der Waals surface area (Å²) in [6, 6.07) is 13.7. The van der Waals surface area contributed by atoms with Crippen LogP contribution in [0, 0.1) is 13.8 Å². The van der Waals surface area contributed by atoms with Gasteiger partial charge in [-0.15, -0.1) is 0 Å². The molecule has 2 heteroatoms. The zero-order chi connectivity index (χ0) is 14.8. The van der Waals surface area contributed by atoms with Crippen LogP contribution in [-0.4, -0.2) is 13.7 Å². The first-order valence-electron chi connectivity index (χ1n) is 7.63. The van der Waals surface area contributed by atoms with Crippen molar-refractivity contribution >= 4 is 0 Å². The number of benzene rings is 2. The first kappa shape index (κ1) is 14.2. The number of ether oxygens (including phenoxy) is 1. The molecule has 21 heavy (non-hydrogen) atoms. The van der Waals surface area contributed by atoms with Crippen LogP contribution >= 0.6 is 0 Å². The van der Waals surface area contributed by atoms with E-state index in [1.807, 2.05) is 0 Å². The minimum absolute atomic E-state index is 0.404. The molecule has 0 radical (unpaired) electrons. The number of hydrogen-bond acceptors (Lipinski definition) is 2. The summed E-state index contributed by atoms with van der Waals surface area (Å²) in [6.45, 7) is 5.39. The molecular formula is C19H23NO. The summed E-state index contributed by atoms with van der Waals surface area (Å²) in [5.74, 6) is 0.959. The zero-order valence-corrected chi connectivity index (χ0v) is 13.1. The molecule has 2 aromatic carbocycles. The van der Waals surface area contributed by atoms with Crippen molar-refractivity contribution in [2.75, 3.05) is 13.7 Å². The molecule has 0 saturated carbocycles. The summed E-state index contributed by atoms with van der Waals surface area (Å²) in [6.07, 6.45) is 2.12. The Morgan fingerprint density at radius 3 is 2.71 bits per heavy atom. The average molecular weight is 281 g/mol. The summed E-state index contributed by atoms with van der Waals surface area (Å²) in [5.41, 5.74) is 6.97. The molecule has 1 aliphatic heterocycles. The fourth-order valence-electron chi connectivity index (χ4n) is 3.10. The van der Waals surface area contributed by atoms with Gasteiger partial charge in [-0.05, 0) is 73.2 Å². The van der Waals surface area contributed by atoms with Gasteiger partial charge in [-0.1, -0.05) is 24.3 Å². The summed E-state index contributed by atoms with van der Waals surface area (Å²) >= 11 is 0. The van der Waals surface area contributed by atoms with Crippen LogP contribution in [0.4, 0.5) is 0 Å². The summed E-state index contributed by atoms with van der Waals surface area (Å²) in [4.78, 5) is 0. The molecule has 1 N–H and O–H groups in total. The van der Waals surface area contributed by atoms with E-state index < -0.39 is 0 Å². The van der Waals surface area contributed by atoms with Gasteiger partial charge < -0.3 is 10.1 Å². The van der Waals surface area contributed by atoms with E-state index in [9.17, 15) is 0 Å². The van der Waals surface area contributed by atoms with Crippen molar-refractivity contribution in [2.45, 2.75) is 32.7 Å². The van der Waals surface area contributed by atoms with E-state index in [0.717, 1.165) is 25.1 Å². The van der Waals surface area contributed by atoms with Gasteiger partial charge >= 0.3 is 0 Å². The van der Waals surface area contributed by atoms with Gasteiger partial charge in [0.1, 0.15) is 5.75 Å². The lowest BCUT2D eigenvalue weighted by Crippen LogP contribution is -2.31. The van der Waals surface area contributed by atoms with Gasteiger partial charge in [-0.2, -0.15) is 0 Å². The van der Waals surface area contributed by atoms with Crippen molar-refractivity contribution in [3.63, 3.8) is 0 Å². The second kappa shape index (κ2) is 5.90. The first-order chi connectivity index (χ1) is 10.2. The van der Waals surface area contributed by atoms with Crippen LogP contribution in [0.2, 0.25) is 0 Å². The van der Waals surface area contributed by atoms with Crippen LogP contribution in [0.3, 0.4) is 0 Å². The number of methoxy groups -OCH3 is 1. The summed E-state index contributed by atoms with van der Waals surface area (Å²) in [7, 11) is 1.73. The van der Waals surface area contributed by atoms with Crippen molar-refractivity contribution in [2.24, 2.45) is 0 Å². The van der Waals surface area contributed by atoms with E-state index in [2.05, 4.69) is 55.6 Å². The minimum atomic E-state index is 0.404. The molecule has 3 rings (SSSR count). The molecule has 0 aromatic heterocycles. The topological polar surface area (TPSA) is 21.3 Å². The maximum atomic E-state index is 5.34. The van der Waals surface area contributed by atoms with Gasteiger partial charge in [0.2, 0.25) is 0 Å². The van der Waals surface area contributed by atoms with E-state index in [-0.39, 0.29) is 0 Å². The third kappa shape index (κ3) is 2.96. The maximum absolute atomic E-state index is 5.34. The predicted octanol–water partition coefficient (Wildman–Crippen LogP) is 3.74. The quantitative estimate of drug-likeness (QED) is 0.925. The second-order valence-corrected chi connectivity index (χ2v) is 5.94. The third-order valence-corrected chi connectivity index (χ3v) is 4.52. The lowest BCUT2D eigenvalue weighted by atomic mass is 9.89. The van der Waals surface area contributed by atoms with Crippen LogP contribution in [0.15, 0.2) is 36.4 Å². The lowest BCUT2D eigenvalue weighted by molar-refractivity contribution is 0.412. The van der Waals surface area contributed by atoms with Gasteiger partial charge in [-0.25, -0.2) is 0 Å². The normalized spacial score (nSPS) is 17.4. The number of nitrogens with one attached hydrogen (secondary N) is 1. The molecule has 0 amide bonds. The molecule has 0 fully saturated rings. The summed E-state index contributed by atoms with van der Waals surface area (Å²) < 4.78 is 5.34. The van der Waals surface area contributed by atoms with Crippen molar-refractivity contribution in [1.82, 2.24) is 5.32 Å². The lowest BCUT2D eigenvalue weighted by Gasteiger charge is -2.27. The molecule has 0 saturated heterocycles. The Labute approximate surface area is 127 Å².